The third-order valence-electron chi connectivity index (χ3n) is 6.39. The highest BCUT2D eigenvalue weighted by atomic mass is 16.5. The van der Waals surface area contributed by atoms with E-state index in [1.807, 2.05) is 19.9 Å². The Morgan fingerprint density at radius 3 is 2.57 bits per heavy atom. The van der Waals surface area contributed by atoms with Crippen LogP contribution in [0.15, 0.2) is 6.07 Å². The van der Waals surface area contributed by atoms with Crippen LogP contribution in [0.5, 0.6) is 5.75 Å². The molecule has 0 amide bonds. The number of rotatable bonds is 2. The van der Waals surface area contributed by atoms with Crippen LogP contribution in [-0.4, -0.2) is 11.1 Å². The second-order valence-electron chi connectivity index (χ2n) is 7.55. The molecule has 1 heterocycles. The first-order valence-corrected chi connectivity index (χ1v) is 7.84. The quantitative estimate of drug-likeness (QED) is 0.819. The van der Waals surface area contributed by atoms with Crippen LogP contribution >= 0.6 is 0 Å². The number of ether oxygens (including phenoxy) is 1. The SMILES string of the molecule is Cc1cc(OC2CC3CCC2(C)C3(C)C)c(C#N)c(C)n1. The van der Waals surface area contributed by atoms with E-state index in [-0.39, 0.29) is 11.5 Å². The summed E-state index contributed by atoms with van der Waals surface area (Å²) in [4.78, 5) is 4.37. The average molecular weight is 284 g/mol. The Bertz CT molecular complexity index is 629. The lowest BCUT2D eigenvalue weighted by atomic mass is 9.70. The highest BCUT2D eigenvalue weighted by Gasteiger charge is 2.62. The summed E-state index contributed by atoms with van der Waals surface area (Å²) in [7, 11) is 0. The number of nitriles is 1. The zero-order chi connectivity index (χ0) is 15.4. The topological polar surface area (TPSA) is 45.9 Å². The summed E-state index contributed by atoms with van der Waals surface area (Å²) in [6.07, 6.45) is 3.84. The number of pyridine rings is 1. The van der Waals surface area contributed by atoms with E-state index in [9.17, 15) is 5.26 Å². The predicted octanol–water partition coefficient (Wildman–Crippen LogP) is 4.16. The molecule has 0 saturated heterocycles. The molecule has 2 aliphatic rings. The van der Waals surface area contributed by atoms with Crippen molar-refractivity contribution in [1.29, 1.82) is 5.26 Å². The number of aryl methyl sites for hydroxylation is 2. The lowest BCUT2D eigenvalue weighted by molar-refractivity contribution is 0.0298. The van der Waals surface area contributed by atoms with Crippen molar-refractivity contribution in [3.63, 3.8) is 0 Å². The van der Waals surface area contributed by atoms with E-state index in [1.165, 1.54) is 12.8 Å². The Balaban J connectivity index is 1.95. The smallest absolute Gasteiger partial charge is 0.141 e. The summed E-state index contributed by atoms with van der Waals surface area (Å²) in [5.41, 5.74) is 2.79. The summed E-state index contributed by atoms with van der Waals surface area (Å²) >= 11 is 0. The van der Waals surface area contributed by atoms with E-state index in [4.69, 9.17) is 4.74 Å². The van der Waals surface area contributed by atoms with E-state index in [0.717, 1.165) is 29.5 Å². The zero-order valence-electron chi connectivity index (χ0n) is 13.7. The molecule has 2 bridgehead atoms. The normalized spacial score (nSPS) is 33.0. The zero-order valence-corrected chi connectivity index (χ0v) is 13.7. The van der Waals surface area contributed by atoms with Crippen molar-refractivity contribution in [2.24, 2.45) is 16.7 Å². The van der Waals surface area contributed by atoms with Gasteiger partial charge in [0.05, 0.1) is 5.69 Å². The van der Waals surface area contributed by atoms with Crippen molar-refractivity contribution in [1.82, 2.24) is 4.98 Å². The van der Waals surface area contributed by atoms with Crippen molar-refractivity contribution < 1.29 is 4.74 Å². The number of hydrogen-bond donors (Lipinski definition) is 0. The molecule has 21 heavy (non-hydrogen) atoms. The van der Waals surface area contributed by atoms with Crippen LogP contribution in [0.3, 0.4) is 0 Å². The van der Waals surface area contributed by atoms with Gasteiger partial charge in [-0.1, -0.05) is 20.8 Å². The van der Waals surface area contributed by atoms with Crippen LogP contribution in [0.1, 0.15) is 57.0 Å². The van der Waals surface area contributed by atoms with E-state index < -0.39 is 0 Å². The number of hydrogen-bond acceptors (Lipinski definition) is 3. The molecular weight excluding hydrogens is 260 g/mol. The van der Waals surface area contributed by atoms with Crippen LogP contribution in [0.2, 0.25) is 0 Å². The molecular formula is C18H24N2O. The minimum Gasteiger partial charge on any atom is -0.488 e. The molecule has 2 aliphatic carbocycles. The van der Waals surface area contributed by atoms with Gasteiger partial charge in [-0.25, -0.2) is 0 Å². The lowest BCUT2D eigenvalue weighted by Crippen LogP contribution is -2.39. The maximum Gasteiger partial charge on any atom is 0.141 e. The first-order chi connectivity index (χ1) is 9.79. The average Bonchev–Trinajstić information content (AvgIpc) is 2.71. The van der Waals surface area contributed by atoms with Crippen molar-refractivity contribution >= 4 is 0 Å². The number of fused-ring (bicyclic) bond motifs is 2. The van der Waals surface area contributed by atoms with Gasteiger partial charge in [0, 0.05) is 17.2 Å². The minimum atomic E-state index is 0.204. The second kappa shape index (κ2) is 4.47. The Hall–Kier alpha value is -1.56. The van der Waals surface area contributed by atoms with Gasteiger partial charge in [-0.2, -0.15) is 5.26 Å². The molecule has 3 nitrogen and oxygen atoms in total. The molecule has 1 aromatic rings. The Kier molecular flexibility index (Phi) is 3.06. The summed E-state index contributed by atoms with van der Waals surface area (Å²) in [5, 5.41) is 9.39. The molecule has 2 saturated carbocycles. The van der Waals surface area contributed by atoms with Crippen LogP contribution in [0, 0.1) is 41.9 Å². The minimum absolute atomic E-state index is 0.204. The van der Waals surface area contributed by atoms with E-state index in [0.29, 0.717) is 11.0 Å². The summed E-state index contributed by atoms with van der Waals surface area (Å²) < 4.78 is 6.37. The Morgan fingerprint density at radius 1 is 1.33 bits per heavy atom. The summed E-state index contributed by atoms with van der Waals surface area (Å²) in [5.74, 6) is 1.46. The maximum absolute atomic E-state index is 9.39. The summed E-state index contributed by atoms with van der Waals surface area (Å²) in [6.45, 7) is 10.9. The van der Waals surface area contributed by atoms with Crippen LogP contribution in [0.25, 0.3) is 0 Å². The Morgan fingerprint density at radius 2 is 2.05 bits per heavy atom. The van der Waals surface area contributed by atoms with Gasteiger partial charge in [-0.05, 0) is 44.4 Å². The third-order valence-corrected chi connectivity index (χ3v) is 6.39. The number of nitrogens with zero attached hydrogens (tertiary/aromatic N) is 2. The third kappa shape index (κ3) is 1.88. The molecule has 3 rings (SSSR count). The van der Waals surface area contributed by atoms with Crippen LogP contribution in [0.4, 0.5) is 0 Å². The van der Waals surface area contributed by atoms with Gasteiger partial charge in [0.15, 0.2) is 0 Å². The van der Waals surface area contributed by atoms with Crippen LogP contribution < -0.4 is 4.74 Å². The standard InChI is InChI=1S/C18H24N2O/c1-11-8-15(14(10-19)12(2)20-11)21-16-9-13-6-7-18(16,5)17(13,3)4/h8,13,16H,6-7,9H2,1-5H3. The lowest BCUT2D eigenvalue weighted by Gasteiger charge is -2.39. The first kappa shape index (κ1) is 14.4. The van der Waals surface area contributed by atoms with Gasteiger partial charge in [0.1, 0.15) is 23.5 Å². The van der Waals surface area contributed by atoms with Crippen molar-refractivity contribution in [3.8, 4) is 11.8 Å². The first-order valence-electron chi connectivity index (χ1n) is 7.84. The molecule has 0 aromatic carbocycles. The molecule has 112 valence electrons. The highest BCUT2D eigenvalue weighted by molar-refractivity contribution is 5.46. The second-order valence-corrected chi connectivity index (χ2v) is 7.55. The molecule has 2 fully saturated rings. The highest BCUT2D eigenvalue weighted by Crippen LogP contribution is 2.66. The molecule has 1 aromatic heterocycles. The molecule has 0 aliphatic heterocycles. The monoisotopic (exact) mass is 284 g/mol. The predicted molar refractivity (Wildman–Crippen MR) is 82.1 cm³/mol. The van der Waals surface area contributed by atoms with Gasteiger partial charge in [0.2, 0.25) is 0 Å². The van der Waals surface area contributed by atoms with Gasteiger partial charge in [0.25, 0.3) is 0 Å². The number of aromatic nitrogens is 1. The summed E-state index contributed by atoms with van der Waals surface area (Å²) in [6, 6.07) is 4.17. The fraction of sp³-hybridized carbons (Fsp3) is 0.667. The van der Waals surface area contributed by atoms with Gasteiger partial charge < -0.3 is 4.74 Å². The Labute approximate surface area is 127 Å². The maximum atomic E-state index is 9.39. The molecule has 3 atom stereocenters. The van der Waals surface area contributed by atoms with Crippen molar-refractivity contribution in [2.45, 2.75) is 60.0 Å². The van der Waals surface area contributed by atoms with Crippen LogP contribution in [-0.2, 0) is 0 Å². The molecule has 0 radical (unpaired) electrons. The molecule has 3 unspecified atom stereocenters. The van der Waals surface area contributed by atoms with Gasteiger partial charge in [-0.15, -0.1) is 0 Å². The van der Waals surface area contributed by atoms with E-state index >= 15 is 0 Å². The van der Waals surface area contributed by atoms with E-state index in [2.05, 4.69) is 31.8 Å². The molecule has 0 spiro atoms. The van der Waals surface area contributed by atoms with E-state index in [1.54, 1.807) is 0 Å². The molecule has 0 N–H and O–H groups in total. The largest absolute Gasteiger partial charge is 0.488 e. The van der Waals surface area contributed by atoms with Crippen molar-refractivity contribution in [3.05, 3.63) is 23.0 Å². The molecule has 3 heteroatoms. The fourth-order valence-corrected chi connectivity index (χ4v) is 4.48. The van der Waals surface area contributed by atoms with Gasteiger partial charge in [-0.3, -0.25) is 4.98 Å². The van der Waals surface area contributed by atoms with Gasteiger partial charge >= 0.3 is 0 Å². The fourth-order valence-electron chi connectivity index (χ4n) is 4.48. The van der Waals surface area contributed by atoms with Crippen molar-refractivity contribution in [2.75, 3.05) is 0 Å².